The third kappa shape index (κ3) is 5.30. The van der Waals surface area contributed by atoms with E-state index >= 15 is 0 Å². The molecule has 0 aliphatic rings. The minimum Gasteiger partial charge on any atom is -0.325 e. The number of rotatable bonds is 7. The predicted molar refractivity (Wildman–Crippen MR) is 129 cm³/mol. The number of para-hydroxylation sites is 3. The van der Waals surface area contributed by atoms with Crippen LogP contribution < -0.4 is 5.32 Å². The van der Waals surface area contributed by atoms with Crippen molar-refractivity contribution in [1.29, 1.82) is 0 Å². The van der Waals surface area contributed by atoms with Crippen molar-refractivity contribution < 1.29 is 4.79 Å². The number of hydrogen-bond acceptors (Lipinski definition) is 4. The molecule has 1 heterocycles. The van der Waals surface area contributed by atoms with Gasteiger partial charge >= 0.3 is 0 Å². The smallest absolute Gasteiger partial charge is 0.234 e. The van der Waals surface area contributed by atoms with Gasteiger partial charge in [-0.25, -0.2) is 9.97 Å². The lowest BCUT2D eigenvalue weighted by Crippen LogP contribution is -2.15. The van der Waals surface area contributed by atoms with Crippen LogP contribution in [-0.4, -0.2) is 21.6 Å². The Hall–Kier alpha value is -3.18. The maximum Gasteiger partial charge on any atom is 0.234 e. The van der Waals surface area contributed by atoms with E-state index in [4.69, 9.17) is 9.97 Å². The fourth-order valence-electron chi connectivity index (χ4n) is 3.42. The molecule has 0 atom stereocenters. The van der Waals surface area contributed by atoms with Crippen LogP contribution in [0.15, 0.2) is 77.8 Å². The second kappa shape index (κ2) is 9.75. The molecule has 0 aliphatic heterocycles. The molecule has 4 aromatic rings. The van der Waals surface area contributed by atoms with Crippen molar-refractivity contribution in [2.45, 2.75) is 31.7 Å². The standard InChI is InChI=1S/C26H25N3OS/c1-3-20-8-4-5-9-21(20)28-25(30)17-31-26-24(16-19-14-12-18(2)13-15-19)27-22-10-6-7-11-23(22)29-26/h4-15H,3,16-17H2,1-2H3,(H,28,30). The number of nitrogens with one attached hydrogen (secondary N) is 1. The van der Waals surface area contributed by atoms with Crippen LogP contribution in [0, 0.1) is 6.92 Å². The van der Waals surface area contributed by atoms with Gasteiger partial charge in [-0.15, -0.1) is 0 Å². The lowest BCUT2D eigenvalue weighted by Gasteiger charge is -2.11. The summed E-state index contributed by atoms with van der Waals surface area (Å²) >= 11 is 1.44. The molecule has 0 bridgehead atoms. The monoisotopic (exact) mass is 427 g/mol. The van der Waals surface area contributed by atoms with Crippen molar-refractivity contribution in [1.82, 2.24) is 9.97 Å². The van der Waals surface area contributed by atoms with Gasteiger partial charge < -0.3 is 5.32 Å². The SMILES string of the molecule is CCc1ccccc1NC(=O)CSc1nc2ccccc2nc1Cc1ccc(C)cc1. The molecule has 0 unspecified atom stereocenters. The molecule has 0 saturated carbocycles. The van der Waals surface area contributed by atoms with Gasteiger partial charge in [-0.3, -0.25) is 4.79 Å². The predicted octanol–water partition coefficient (Wildman–Crippen LogP) is 5.82. The van der Waals surface area contributed by atoms with Crippen molar-refractivity contribution in [3.63, 3.8) is 0 Å². The van der Waals surface area contributed by atoms with Crippen LogP contribution in [0.3, 0.4) is 0 Å². The second-order valence-electron chi connectivity index (χ2n) is 7.47. The average Bonchev–Trinajstić information content (AvgIpc) is 2.79. The minimum atomic E-state index is -0.0397. The molecule has 0 radical (unpaired) electrons. The largest absolute Gasteiger partial charge is 0.325 e. The quantitative estimate of drug-likeness (QED) is 0.378. The highest BCUT2D eigenvalue weighted by Crippen LogP contribution is 2.25. The van der Waals surface area contributed by atoms with Crippen LogP contribution in [0.2, 0.25) is 0 Å². The van der Waals surface area contributed by atoms with Crippen LogP contribution in [0.1, 0.15) is 29.3 Å². The number of hydrogen-bond donors (Lipinski definition) is 1. The van der Waals surface area contributed by atoms with Gasteiger partial charge in [0.05, 0.1) is 22.5 Å². The molecule has 3 aromatic carbocycles. The van der Waals surface area contributed by atoms with Gasteiger partial charge in [-0.2, -0.15) is 0 Å². The lowest BCUT2D eigenvalue weighted by molar-refractivity contribution is -0.113. The van der Waals surface area contributed by atoms with Crippen molar-refractivity contribution >= 4 is 34.4 Å². The van der Waals surface area contributed by atoms with E-state index < -0.39 is 0 Å². The number of nitrogens with zero attached hydrogens (tertiary/aromatic N) is 2. The first-order chi connectivity index (χ1) is 15.1. The fourth-order valence-corrected chi connectivity index (χ4v) is 4.21. The van der Waals surface area contributed by atoms with E-state index in [2.05, 4.69) is 43.4 Å². The molecule has 0 spiro atoms. The van der Waals surface area contributed by atoms with Crippen molar-refractivity contribution in [2.24, 2.45) is 0 Å². The highest BCUT2D eigenvalue weighted by atomic mass is 32.2. The molecule has 4 rings (SSSR count). The Morgan fingerprint density at radius 3 is 2.32 bits per heavy atom. The van der Waals surface area contributed by atoms with Gasteiger partial charge in [0.15, 0.2) is 0 Å². The lowest BCUT2D eigenvalue weighted by atomic mass is 10.1. The van der Waals surface area contributed by atoms with Crippen molar-refractivity contribution in [3.05, 3.63) is 95.2 Å². The number of carbonyl (C=O) groups excluding carboxylic acids is 1. The summed E-state index contributed by atoms with van der Waals surface area (Å²) in [5.74, 6) is 0.244. The summed E-state index contributed by atoms with van der Waals surface area (Å²) in [7, 11) is 0. The Labute approximate surface area is 187 Å². The van der Waals surface area contributed by atoms with Gasteiger partial charge in [-0.1, -0.05) is 78.8 Å². The summed E-state index contributed by atoms with van der Waals surface area (Å²) < 4.78 is 0. The molecule has 5 heteroatoms. The molecule has 1 aromatic heterocycles. The Morgan fingerprint density at radius 2 is 1.58 bits per heavy atom. The van der Waals surface area contributed by atoms with Crippen LogP contribution in [0.25, 0.3) is 11.0 Å². The molecule has 0 saturated heterocycles. The van der Waals surface area contributed by atoms with E-state index in [1.165, 1.54) is 22.9 Å². The Kier molecular flexibility index (Phi) is 6.63. The number of anilines is 1. The summed E-state index contributed by atoms with van der Waals surface area (Å²) in [5.41, 5.74) is 7.02. The summed E-state index contributed by atoms with van der Waals surface area (Å²) in [4.78, 5) is 22.3. The first-order valence-electron chi connectivity index (χ1n) is 10.4. The van der Waals surface area contributed by atoms with Gasteiger partial charge in [0.1, 0.15) is 5.03 Å². The van der Waals surface area contributed by atoms with Crippen LogP contribution >= 0.6 is 11.8 Å². The molecule has 156 valence electrons. The van der Waals surface area contributed by atoms with E-state index in [1.807, 2.05) is 48.5 Å². The zero-order valence-electron chi connectivity index (χ0n) is 17.8. The van der Waals surface area contributed by atoms with E-state index in [-0.39, 0.29) is 11.7 Å². The second-order valence-corrected chi connectivity index (χ2v) is 8.44. The molecule has 0 aliphatic carbocycles. The third-order valence-corrected chi connectivity index (χ3v) is 6.12. The van der Waals surface area contributed by atoms with Gasteiger partial charge in [0.2, 0.25) is 5.91 Å². The molecule has 0 fully saturated rings. The summed E-state index contributed by atoms with van der Waals surface area (Å²) in [6.07, 6.45) is 1.56. The minimum absolute atomic E-state index is 0.0397. The zero-order chi connectivity index (χ0) is 21.6. The zero-order valence-corrected chi connectivity index (χ0v) is 18.6. The number of aryl methyl sites for hydroxylation is 2. The number of aromatic nitrogens is 2. The van der Waals surface area contributed by atoms with Crippen molar-refractivity contribution in [2.75, 3.05) is 11.1 Å². The van der Waals surface area contributed by atoms with Gasteiger partial charge in [-0.05, 0) is 42.7 Å². The summed E-state index contributed by atoms with van der Waals surface area (Å²) in [6, 6.07) is 24.2. The number of amides is 1. The van der Waals surface area contributed by atoms with Gasteiger partial charge in [0, 0.05) is 12.1 Å². The van der Waals surface area contributed by atoms with E-state index in [0.29, 0.717) is 6.42 Å². The Balaban J connectivity index is 1.55. The first kappa shape index (κ1) is 21.1. The number of carbonyl (C=O) groups is 1. The summed E-state index contributed by atoms with van der Waals surface area (Å²) in [6.45, 7) is 4.16. The number of benzene rings is 3. The first-order valence-corrected chi connectivity index (χ1v) is 11.4. The van der Waals surface area contributed by atoms with Crippen LogP contribution in [0.4, 0.5) is 5.69 Å². The molecular weight excluding hydrogens is 402 g/mol. The fraction of sp³-hybridized carbons (Fsp3) is 0.192. The number of fused-ring (bicyclic) bond motifs is 1. The van der Waals surface area contributed by atoms with E-state index in [0.717, 1.165) is 39.4 Å². The van der Waals surface area contributed by atoms with E-state index in [1.54, 1.807) is 0 Å². The molecule has 4 nitrogen and oxygen atoms in total. The maximum absolute atomic E-state index is 12.6. The highest BCUT2D eigenvalue weighted by Gasteiger charge is 2.13. The van der Waals surface area contributed by atoms with E-state index in [9.17, 15) is 4.79 Å². The maximum atomic E-state index is 12.6. The molecular formula is C26H25N3OS. The van der Waals surface area contributed by atoms with Crippen molar-refractivity contribution in [3.8, 4) is 0 Å². The molecule has 31 heavy (non-hydrogen) atoms. The molecule has 1 amide bonds. The normalized spacial score (nSPS) is 10.9. The summed E-state index contributed by atoms with van der Waals surface area (Å²) in [5, 5.41) is 3.84. The Morgan fingerprint density at radius 1 is 0.903 bits per heavy atom. The Bertz CT molecular complexity index is 1200. The molecule has 1 N–H and O–H groups in total. The highest BCUT2D eigenvalue weighted by molar-refractivity contribution is 8.00. The average molecular weight is 428 g/mol. The van der Waals surface area contributed by atoms with Gasteiger partial charge in [0.25, 0.3) is 0 Å². The van der Waals surface area contributed by atoms with Crippen LogP contribution in [-0.2, 0) is 17.6 Å². The van der Waals surface area contributed by atoms with Crippen LogP contribution in [0.5, 0.6) is 0 Å². The third-order valence-electron chi connectivity index (χ3n) is 5.11. The topological polar surface area (TPSA) is 54.9 Å². The number of thioether (sulfide) groups is 1.